The molecule has 0 unspecified atom stereocenters. The fraction of sp³-hybridized carbons (Fsp3) is 0.200. The largest absolute Gasteiger partial charge is 0.259 e. The van der Waals surface area contributed by atoms with Crippen LogP contribution >= 0.6 is 0 Å². The molecule has 90 valence electrons. The van der Waals surface area contributed by atoms with Gasteiger partial charge in [0, 0.05) is 18.0 Å². The van der Waals surface area contributed by atoms with Crippen LogP contribution in [0.1, 0.15) is 20.8 Å². The molecule has 0 aromatic heterocycles. The van der Waals surface area contributed by atoms with Crippen molar-refractivity contribution in [2.75, 3.05) is 0 Å². The number of rotatable bonds is 6. The van der Waals surface area contributed by atoms with Crippen LogP contribution in [0, 0.1) is 0 Å². The lowest BCUT2D eigenvalue weighted by molar-refractivity contribution is 1.16. The highest BCUT2D eigenvalue weighted by atomic mass is 14.8. The van der Waals surface area contributed by atoms with Crippen molar-refractivity contribution >= 4 is 12.4 Å². The zero-order valence-corrected chi connectivity index (χ0v) is 10.9. The Kier molecular flexibility index (Phi) is 7.27. The molecule has 0 rings (SSSR count). The summed E-state index contributed by atoms with van der Waals surface area (Å²) in [5, 5.41) is 0. The number of nitrogens with zero attached hydrogens (tertiary/aromatic N) is 2. The van der Waals surface area contributed by atoms with Gasteiger partial charge < -0.3 is 0 Å². The Morgan fingerprint density at radius 1 is 0.941 bits per heavy atom. The molecule has 0 atom stereocenters. The van der Waals surface area contributed by atoms with Crippen LogP contribution in [-0.4, -0.2) is 12.4 Å². The zero-order chi connectivity index (χ0) is 13.3. The monoisotopic (exact) mass is 228 g/mol. The predicted octanol–water partition coefficient (Wildman–Crippen LogP) is 4.25. The lowest BCUT2D eigenvalue weighted by Crippen LogP contribution is -1.92. The molecule has 0 bridgehead atoms. The fourth-order valence-corrected chi connectivity index (χ4v) is 1.23. The minimum absolute atomic E-state index is 0.774. The van der Waals surface area contributed by atoms with Crippen molar-refractivity contribution in [1.82, 2.24) is 0 Å². The van der Waals surface area contributed by atoms with Crippen LogP contribution in [0.3, 0.4) is 0 Å². The van der Waals surface area contributed by atoms with E-state index in [1.807, 2.05) is 20.8 Å². The van der Waals surface area contributed by atoms with Crippen LogP contribution in [0.4, 0.5) is 0 Å². The van der Waals surface area contributed by atoms with Crippen molar-refractivity contribution in [2.24, 2.45) is 9.98 Å². The second-order valence-electron chi connectivity index (χ2n) is 3.46. The molecule has 17 heavy (non-hydrogen) atoms. The van der Waals surface area contributed by atoms with E-state index in [1.54, 1.807) is 30.7 Å². The predicted molar refractivity (Wildman–Crippen MR) is 78.6 cm³/mol. The number of aliphatic imine (C=N–C) groups is 2. The highest BCUT2D eigenvalue weighted by Crippen LogP contribution is 2.22. The first-order valence-corrected chi connectivity index (χ1v) is 5.43. The first-order chi connectivity index (χ1) is 8.12. The van der Waals surface area contributed by atoms with Gasteiger partial charge in [0.05, 0.1) is 11.4 Å². The van der Waals surface area contributed by atoms with Crippen LogP contribution in [-0.2, 0) is 0 Å². The number of hydrogen-bond donors (Lipinski definition) is 0. The van der Waals surface area contributed by atoms with Gasteiger partial charge in [-0.1, -0.05) is 38.0 Å². The van der Waals surface area contributed by atoms with E-state index < -0.39 is 0 Å². The second-order valence-corrected chi connectivity index (χ2v) is 3.46. The Balaban J connectivity index is 5.90. The van der Waals surface area contributed by atoms with E-state index >= 15 is 0 Å². The highest BCUT2D eigenvalue weighted by molar-refractivity contribution is 5.72. The Morgan fingerprint density at radius 2 is 1.53 bits per heavy atom. The van der Waals surface area contributed by atoms with Crippen LogP contribution in [0.2, 0.25) is 0 Å². The van der Waals surface area contributed by atoms with Crippen LogP contribution in [0.5, 0.6) is 0 Å². The van der Waals surface area contributed by atoms with Crippen LogP contribution < -0.4 is 0 Å². The summed E-state index contributed by atoms with van der Waals surface area (Å²) < 4.78 is 0. The Hall–Kier alpha value is -1.96. The lowest BCUT2D eigenvalue weighted by atomic mass is 10.1. The van der Waals surface area contributed by atoms with E-state index in [9.17, 15) is 0 Å². The van der Waals surface area contributed by atoms with E-state index in [0.29, 0.717) is 0 Å². The molecular weight excluding hydrogens is 208 g/mol. The van der Waals surface area contributed by atoms with Crippen molar-refractivity contribution < 1.29 is 0 Å². The summed E-state index contributed by atoms with van der Waals surface area (Å²) in [7, 11) is 0. The van der Waals surface area contributed by atoms with Gasteiger partial charge in [-0.15, -0.1) is 0 Å². The number of hydrogen-bond acceptors (Lipinski definition) is 2. The van der Waals surface area contributed by atoms with Gasteiger partial charge in [-0.3, -0.25) is 9.98 Å². The van der Waals surface area contributed by atoms with E-state index in [-0.39, 0.29) is 0 Å². The van der Waals surface area contributed by atoms with Gasteiger partial charge in [-0.25, -0.2) is 0 Å². The molecule has 0 radical (unpaired) electrons. The van der Waals surface area contributed by atoms with Crippen LogP contribution in [0.15, 0.2) is 70.5 Å². The standard InChI is InChI=1S/C15H20N2/c1-7-11-17-14(12(5)6)15(16-10-4)13(8-2)9-3/h7-11H,1-3H2,4-6H3. The molecule has 0 amide bonds. The van der Waals surface area contributed by atoms with Gasteiger partial charge in [-0.05, 0) is 26.3 Å². The van der Waals surface area contributed by atoms with Crippen molar-refractivity contribution in [2.45, 2.75) is 20.8 Å². The zero-order valence-electron chi connectivity index (χ0n) is 10.9. The summed E-state index contributed by atoms with van der Waals surface area (Å²) in [4.78, 5) is 8.69. The minimum Gasteiger partial charge on any atom is -0.259 e. The maximum Gasteiger partial charge on any atom is 0.0953 e. The molecule has 0 N–H and O–H groups in total. The Morgan fingerprint density at radius 3 is 1.88 bits per heavy atom. The minimum atomic E-state index is 0.774. The molecule has 0 saturated heterocycles. The van der Waals surface area contributed by atoms with Gasteiger partial charge in [0.2, 0.25) is 0 Å². The SMILES string of the molecule is C=CC=NC(=C(C)C)C(N=CC)=C(C=C)C=C. The highest BCUT2D eigenvalue weighted by Gasteiger charge is 2.07. The van der Waals surface area contributed by atoms with E-state index in [4.69, 9.17) is 0 Å². The second kappa shape index (κ2) is 8.22. The van der Waals surface area contributed by atoms with E-state index in [2.05, 4.69) is 29.7 Å². The molecule has 0 aliphatic heterocycles. The molecular formula is C15H20N2. The van der Waals surface area contributed by atoms with Crippen molar-refractivity contribution in [3.63, 3.8) is 0 Å². The van der Waals surface area contributed by atoms with Gasteiger partial charge in [0.1, 0.15) is 0 Å². The molecule has 2 heteroatoms. The summed E-state index contributed by atoms with van der Waals surface area (Å²) in [5.74, 6) is 0. The summed E-state index contributed by atoms with van der Waals surface area (Å²) in [6.07, 6.45) is 8.47. The van der Waals surface area contributed by atoms with Gasteiger partial charge in [-0.2, -0.15) is 0 Å². The van der Waals surface area contributed by atoms with Crippen molar-refractivity contribution in [3.05, 3.63) is 60.5 Å². The number of allylic oxidation sites excluding steroid dienone is 5. The molecule has 0 saturated carbocycles. The summed E-state index contributed by atoms with van der Waals surface area (Å²) in [6, 6.07) is 0. The van der Waals surface area contributed by atoms with E-state index in [1.165, 1.54) is 0 Å². The summed E-state index contributed by atoms with van der Waals surface area (Å²) in [5.41, 5.74) is 3.53. The van der Waals surface area contributed by atoms with Crippen LogP contribution in [0.25, 0.3) is 0 Å². The smallest absolute Gasteiger partial charge is 0.0953 e. The van der Waals surface area contributed by atoms with E-state index in [0.717, 1.165) is 22.5 Å². The van der Waals surface area contributed by atoms with Crippen molar-refractivity contribution in [1.29, 1.82) is 0 Å². The third kappa shape index (κ3) is 4.60. The topological polar surface area (TPSA) is 24.7 Å². The lowest BCUT2D eigenvalue weighted by Gasteiger charge is -2.08. The molecule has 0 aliphatic rings. The van der Waals surface area contributed by atoms with Gasteiger partial charge in [0.25, 0.3) is 0 Å². The third-order valence-corrected chi connectivity index (χ3v) is 1.98. The first kappa shape index (κ1) is 15.0. The quantitative estimate of drug-likeness (QED) is 0.479. The van der Waals surface area contributed by atoms with Crippen molar-refractivity contribution in [3.8, 4) is 0 Å². The Labute approximate surface area is 104 Å². The normalized spacial score (nSPS) is 10.3. The Bertz CT molecular complexity index is 404. The summed E-state index contributed by atoms with van der Waals surface area (Å²) >= 11 is 0. The van der Waals surface area contributed by atoms with Gasteiger partial charge >= 0.3 is 0 Å². The molecule has 0 heterocycles. The molecule has 0 aromatic rings. The molecule has 0 fully saturated rings. The average molecular weight is 228 g/mol. The maximum absolute atomic E-state index is 4.35. The molecule has 0 aromatic carbocycles. The maximum atomic E-state index is 4.35. The third-order valence-electron chi connectivity index (χ3n) is 1.98. The molecule has 2 nitrogen and oxygen atoms in total. The first-order valence-electron chi connectivity index (χ1n) is 5.43. The molecule has 0 spiro atoms. The van der Waals surface area contributed by atoms with Gasteiger partial charge in [0.15, 0.2) is 0 Å². The molecule has 0 aliphatic carbocycles. The fourth-order valence-electron chi connectivity index (χ4n) is 1.23. The summed E-state index contributed by atoms with van der Waals surface area (Å²) in [6.45, 7) is 17.0. The average Bonchev–Trinajstić information content (AvgIpc) is 2.30.